The van der Waals surface area contributed by atoms with Crippen molar-refractivity contribution in [3.63, 3.8) is 0 Å². The highest BCUT2D eigenvalue weighted by molar-refractivity contribution is 9.10. The van der Waals surface area contributed by atoms with E-state index in [0.29, 0.717) is 59.7 Å². The van der Waals surface area contributed by atoms with Crippen molar-refractivity contribution in [2.75, 3.05) is 27.9 Å². The van der Waals surface area contributed by atoms with Crippen molar-refractivity contribution in [2.45, 2.75) is 19.6 Å². The minimum atomic E-state index is -0.894. The van der Waals surface area contributed by atoms with Gasteiger partial charge in [-0.3, -0.25) is 9.36 Å². The molecular weight excluding hydrogens is 744 g/mol. The van der Waals surface area contributed by atoms with Crippen LogP contribution in [0.1, 0.15) is 35.2 Å². The normalized spacial score (nSPS) is 14.1. The molecule has 0 saturated carbocycles. The summed E-state index contributed by atoms with van der Waals surface area (Å²) in [5.74, 6) is 1.16. The number of nitrogens with zero attached hydrogens (tertiary/aromatic N) is 2. The maximum atomic E-state index is 14.4. The molecule has 0 unspecified atom stereocenters. The summed E-state index contributed by atoms with van der Waals surface area (Å²) < 4.78 is 31.2. The van der Waals surface area contributed by atoms with Crippen LogP contribution in [0.4, 0.5) is 0 Å². The monoisotopic (exact) mass is 774 g/mol. The Morgan fingerprint density at radius 2 is 1.66 bits per heavy atom. The average molecular weight is 776 g/mol. The summed E-state index contributed by atoms with van der Waals surface area (Å²) in [4.78, 5) is 33.5. The van der Waals surface area contributed by atoms with Crippen LogP contribution < -0.4 is 33.8 Å². The van der Waals surface area contributed by atoms with Crippen molar-refractivity contribution in [1.82, 2.24) is 4.57 Å². The molecule has 50 heavy (non-hydrogen) atoms. The molecule has 2 heterocycles. The van der Waals surface area contributed by atoms with Gasteiger partial charge >= 0.3 is 5.97 Å². The van der Waals surface area contributed by atoms with Gasteiger partial charge in [-0.1, -0.05) is 87.4 Å². The fourth-order valence-corrected chi connectivity index (χ4v) is 7.17. The molecule has 1 aliphatic rings. The van der Waals surface area contributed by atoms with Crippen LogP contribution in [-0.4, -0.2) is 38.5 Å². The number of fused-ring (bicyclic) bond motifs is 1. The second kappa shape index (κ2) is 15.4. The van der Waals surface area contributed by atoms with E-state index < -0.39 is 12.0 Å². The lowest BCUT2D eigenvalue weighted by Gasteiger charge is -2.26. The molecule has 256 valence electrons. The lowest BCUT2D eigenvalue weighted by molar-refractivity contribution is -0.138. The van der Waals surface area contributed by atoms with Gasteiger partial charge < -0.3 is 23.7 Å². The van der Waals surface area contributed by atoms with E-state index >= 15 is 0 Å². The lowest BCUT2D eigenvalue weighted by atomic mass is 9.93. The van der Waals surface area contributed by atoms with Gasteiger partial charge in [-0.25, -0.2) is 9.79 Å². The smallest absolute Gasteiger partial charge is 0.338 e. The Hall–Kier alpha value is -4.84. The van der Waals surface area contributed by atoms with E-state index in [9.17, 15) is 9.59 Å². The summed E-state index contributed by atoms with van der Waals surface area (Å²) in [5, 5.41) is 0.319. The highest BCUT2D eigenvalue weighted by Crippen LogP contribution is 2.39. The number of methoxy groups -OCH3 is 3. The van der Waals surface area contributed by atoms with Gasteiger partial charge in [0.15, 0.2) is 27.8 Å². The second-order valence-electron chi connectivity index (χ2n) is 11.0. The van der Waals surface area contributed by atoms with Gasteiger partial charge in [0.05, 0.1) is 54.8 Å². The third-order valence-corrected chi connectivity index (χ3v) is 9.74. The van der Waals surface area contributed by atoms with Crippen molar-refractivity contribution in [2.24, 2.45) is 4.99 Å². The lowest BCUT2D eigenvalue weighted by Crippen LogP contribution is -2.40. The van der Waals surface area contributed by atoms with E-state index in [-0.39, 0.29) is 24.3 Å². The van der Waals surface area contributed by atoms with Crippen LogP contribution in [0.3, 0.4) is 0 Å². The van der Waals surface area contributed by atoms with Crippen molar-refractivity contribution < 1.29 is 28.5 Å². The summed E-state index contributed by atoms with van der Waals surface area (Å²) >= 11 is 11.4. The van der Waals surface area contributed by atoms with E-state index in [1.807, 2.05) is 54.6 Å². The van der Waals surface area contributed by atoms with Crippen molar-refractivity contribution >= 4 is 56.6 Å². The van der Waals surface area contributed by atoms with E-state index in [2.05, 4.69) is 15.9 Å². The molecule has 6 rings (SSSR count). The van der Waals surface area contributed by atoms with Gasteiger partial charge in [-0.15, -0.1) is 0 Å². The molecule has 0 aliphatic carbocycles. The van der Waals surface area contributed by atoms with Crippen LogP contribution in [0.15, 0.2) is 105 Å². The summed E-state index contributed by atoms with van der Waals surface area (Å²) in [6.07, 6.45) is 1.72. The summed E-state index contributed by atoms with van der Waals surface area (Å²) in [6, 6.07) is 25.0. The van der Waals surface area contributed by atoms with E-state index in [1.54, 1.807) is 50.4 Å². The van der Waals surface area contributed by atoms with Gasteiger partial charge in [0.2, 0.25) is 0 Å². The molecule has 1 aromatic heterocycles. The van der Waals surface area contributed by atoms with E-state index in [1.165, 1.54) is 30.1 Å². The standard InChI is InChI=1S/C38H32BrClN2O7S/c1-5-48-37(44)32-33(24-9-7-6-8-10-24)41-38-42(34(32)25-13-16-28(45-2)29(20-25)46-3)36(43)31(50-38)19-23-17-27(40)35(30(18-23)47-4)49-21-22-11-14-26(39)15-12-22/h6-20,34H,5,21H2,1-4H3/b31-19-/t34-/m1/s1. The molecule has 0 saturated heterocycles. The van der Waals surface area contributed by atoms with Crippen LogP contribution in [0.2, 0.25) is 5.02 Å². The number of hydrogen-bond donors (Lipinski definition) is 0. The molecule has 0 fully saturated rings. The Morgan fingerprint density at radius 1 is 0.940 bits per heavy atom. The number of carbonyl (C=O) groups excluding carboxylic acids is 1. The number of halogens is 2. The molecule has 0 N–H and O–H groups in total. The molecule has 0 radical (unpaired) electrons. The maximum absolute atomic E-state index is 14.4. The molecule has 12 heteroatoms. The SMILES string of the molecule is CCOC(=O)C1=C(c2ccccc2)N=c2s/c(=C\c3cc(Cl)c(OCc4ccc(Br)cc4)c(OC)c3)c(=O)n2[C@@H]1c1ccc(OC)c(OC)c1. The number of carbonyl (C=O) groups is 1. The van der Waals surface area contributed by atoms with Crippen LogP contribution >= 0.6 is 38.9 Å². The van der Waals surface area contributed by atoms with Crippen molar-refractivity contribution in [3.05, 3.63) is 142 Å². The van der Waals surface area contributed by atoms with Crippen molar-refractivity contribution in [3.8, 4) is 23.0 Å². The zero-order valence-corrected chi connectivity index (χ0v) is 30.7. The predicted octanol–water partition coefficient (Wildman–Crippen LogP) is 6.96. The third-order valence-electron chi connectivity index (χ3n) is 7.94. The van der Waals surface area contributed by atoms with Crippen LogP contribution in [0, 0.1) is 0 Å². The third kappa shape index (κ3) is 7.07. The second-order valence-corrected chi connectivity index (χ2v) is 13.3. The molecule has 5 aromatic rings. The van der Waals surface area contributed by atoms with Crippen LogP contribution in [-0.2, 0) is 16.1 Å². The Bertz CT molecular complexity index is 2270. The largest absolute Gasteiger partial charge is 0.493 e. The summed E-state index contributed by atoms with van der Waals surface area (Å²) in [6.45, 7) is 2.15. The van der Waals surface area contributed by atoms with Crippen LogP contribution in [0.25, 0.3) is 11.8 Å². The fraction of sp³-hybridized carbons (Fsp3) is 0.184. The molecule has 0 amide bonds. The quantitative estimate of drug-likeness (QED) is 0.134. The highest BCUT2D eigenvalue weighted by atomic mass is 79.9. The molecule has 0 bridgehead atoms. The van der Waals surface area contributed by atoms with Gasteiger partial charge in [0.25, 0.3) is 5.56 Å². The van der Waals surface area contributed by atoms with Gasteiger partial charge in [-0.2, -0.15) is 0 Å². The first-order valence-electron chi connectivity index (χ1n) is 15.5. The molecular formula is C38H32BrClN2O7S. The highest BCUT2D eigenvalue weighted by Gasteiger charge is 2.35. The molecule has 1 aliphatic heterocycles. The van der Waals surface area contributed by atoms with Crippen molar-refractivity contribution in [1.29, 1.82) is 0 Å². The Morgan fingerprint density at radius 3 is 2.34 bits per heavy atom. The number of hydrogen-bond acceptors (Lipinski definition) is 9. The van der Waals surface area contributed by atoms with Gasteiger partial charge in [-0.05, 0) is 66.1 Å². The number of thiazole rings is 1. The minimum Gasteiger partial charge on any atom is -0.493 e. The van der Waals surface area contributed by atoms with Gasteiger partial charge in [0, 0.05) is 10.0 Å². The zero-order valence-electron chi connectivity index (χ0n) is 27.6. The number of esters is 1. The Kier molecular flexibility index (Phi) is 10.8. The summed E-state index contributed by atoms with van der Waals surface area (Å²) in [5.41, 5.74) is 3.16. The molecule has 9 nitrogen and oxygen atoms in total. The Balaban J connectivity index is 1.51. The van der Waals surface area contributed by atoms with E-state index in [4.69, 9.17) is 40.3 Å². The first-order valence-corrected chi connectivity index (χ1v) is 17.5. The topological polar surface area (TPSA) is 97.6 Å². The minimum absolute atomic E-state index is 0.138. The number of aromatic nitrogens is 1. The fourth-order valence-electron chi connectivity index (χ4n) is 5.63. The maximum Gasteiger partial charge on any atom is 0.338 e. The predicted molar refractivity (Wildman–Crippen MR) is 197 cm³/mol. The first kappa shape index (κ1) is 35.0. The van der Waals surface area contributed by atoms with Crippen LogP contribution in [0.5, 0.6) is 23.0 Å². The zero-order chi connectivity index (χ0) is 35.4. The molecule has 0 spiro atoms. The number of ether oxygens (including phenoxy) is 5. The number of rotatable bonds is 11. The first-order chi connectivity index (χ1) is 24.3. The van der Waals surface area contributed by atoms with Gasteiger partial charge in [0.1, 0.15) is 6.61 Å². The molecule has 4 aromatic carbocycles. The van der Waals surface area contributed by atoms with E-state index in [0.717, 1.165) is 10.0 Å². The molecule has 1 atom stereocenters. The number of benzene rings is 4. The Labute approximate surface area is 305 Å². The summed E-state index contributed by atoms with van der Waals surface area (Å²) in [7, 11) is 4.60. The average Bonchev–Trinajstić information content (AvgIpc) is 3.44.